The lowest BCUT2D eigenvalue weighted by atomic mass is 9.77. The molecule has 0 aromatic carbocycles. The van der Waals surface area contributed by atoms with Crippen LogP contribution >= 0.6 is 11.6 Å². The van der Waals surface area contributed by atoms with Crippen molar-refractivity contribution in [1.82, 2.24) is 15.3 Å². The number of hydrogen-bond donors (Lipinski definition) is 2. The maximum Gasteiger partial charge on any atom is 0.329 e. The predicted octanol–water partition coefficient (Wildman–Crippen LogP) is 3.02. The number of nitrogens with one attached hydrogen (secondary N) is 1. The van der Waals surface area contributed by atoms with E-state index in [9.17, 15) is 14.7 Å². The summed E-state index contributed by atoms with van der Waals surface area (Å²) >= 11 is 6.03. The third kappa shape index (κ3) is 3.80. The highest BCUT2D eigenvalue weighted by Crippen LogP contribution is 2.32. The van der Waals surface area contributed by atoms with Gasteiger partial charge in [-0.15, -0.1) is 0 Å². The molecule has 0 unspecified atom stereocenters. The van der Waals surface area contributed by atoms with Crippen molar-refractivity contribution in [3.8, 4) is 0 Å². The Morgan fingerprint density at radius 1 is 1.39 bits per heavy atom. The van der Waals surface area contributed by atoms with Gasteiger partial charge in [-0.3, -0.25) is 4.79 Å². The fourth-order valence-electron chi connectivity index (χ4n) is 2.74. The number of aromatic nitrogens is 2. The van der Waals surface area contributed by atoms with Gasteiger partial charge in [0.1, 0.15) is 17.1 Å². The Morgan fingerprint density at radius 3 is 2.52 bits per heavy atom. The first-order chi connectivity index (χ1) is 10.7. The van der Waals surface area contributed by atoms with Gasteiger partial charge in [0.15, 0.2) is 0 Å². The third-order valence-electron chi connectivity index (χ3n) is 4.38. The van der Waals surface area contributed by atoms with Crippen molar-refractivity contribution >= 4 is 23.5 Å². The third-order valence-corrected chi connectivity index (χ3v) is 4.66. The summed E-state index contributed by atoms with van der Waals surface area (Å²) in [7, 11) is 0. The van der Waals surface area contributed by atoms with Gasteiger partial charge in [0.25, 0.3) is 5.91 Å². The van der Waals surface area contributed by atoms with Gasteiger partial charge in [-0.2, -0.15) is 0 Å². The summed E-state index contributed by atoms with van der Waals surface area (Å²) in [4.78, 5) is 32.6. The molecule has 2 rings (SSSR count). The van der Waals surface area contributed by atoms with E-state index in [4.69, 9.17) is 11.6 Å². The zero-order valence-corrected chi connectivity index (χ0v) is 14.4. The number of carbonyl (C=O) groups excluding carboxylic acids is 1. The van der Waals surface area contributed by atoms with Gasteiger partial charge in [0.05, 0.1) is 11.2 Å². The lowest BCUT2D eigenvalue weighted by Gasteiger charge is -2.36. The molecule has 6 nitrogen and oxygen atoms in total. The average Bonchev–Trinajstić information content (AvgIpc) is 2.49. The Balaban J connectivity index is 2.26. The van der Waals surface area contributed by atoms with Crippen molar-refractivity contribution in [1.29, 1.82) is 0 Å². The van der Waals surface area contributed by atoms with Crippen LogP contribution in [0.4, 0.5) is 0 Å². The Labute approximate surface area is 140 Å². The fourth-order valence-corrected chi connectivity index (χ4v) is 2.92. The molecule has 0 aliphatic heterocycles. The van der Waals surface area contributed by atoms with Crippen LogP contribution in [0.1, 0.15) is 68.7 Å². The van der Waals surface area contributed by atoms with Crippen LogP contribution in [0.5, 0.6) is 0 Å². The normalized spacial score (nSPS) is 24.5. The second kappa shape index (κ2) is 6.83. The zero-order chi connectivity index (χ0) is 17.2. The van der Waals surface area contributed by atoms with Gasteiger partial charge in [-0.25, -0.2) is 14.8 Å². The number of aliphatic carboxylic acids is 1. The molecular formula is C16H22ClN3O3. The molecule has 126 valence electrons. The molecule has 23 heavy (non-hydrogen) atoms. The molecule has 1 amide bonds. The fraction of sp³-hybridized carbons (Fsp3) is 0.625. The number of carboxylic acid groups (broad SMARTS) is 1. The first kappa shape index (κ1) is 17.7. The van der Waals surface area contributed by atoms with Crippen molar-refractivity contribution in [3.05, 3.63) is 22.7 Å². The molecule has 1 aliphatic rings. The average molecular weight is 340 g/mol. The van der Waals surface area contributed by atoms with E-state index in [1.54, 1.807) is 0 Å². The number of carboxylic acids is 1. The molecule has 0 spiro atoms. The molecular weight excluding hydrogens is 318 g/mol. The summed E-state index contributed by atoms with van der Waals surface area (Å²) in [5, 5.41) is 12.4. The maximum absolute atomic E-state index is 12.6. The molecule has 1 aromatic heterocycles. The van der Waals surface area contributed by atoms with Gasteiger partial charge in [0.2, 0.25) is 0 Å². The van der Waals surface area contributed by atoms with Crippen LogP contribution in [0, 0.1) is 5.92 Å². The molecule has 0 bridgehead atoms. The molecule has 1 heterocycles. The van der Waals surface area contributed by atoms with Crippen molar-refractivity contribution in [3.63, 3.8) is 0 Å². The van der Waals surface area contributed by atoms with Crippen molar-refractivity contribution < 1.29 is 14.7 Å². The van der Waals surface area contributed by atoms with Crippen LogP contribution in [-0.4, -0.2) is 32.5 Å². The smallest absolute Gasteiger partial charge is 0.329 e. The minimum absolute atomic E-state index is 0.0320. The quantitative estimate of drug-likeness (QED) is 0.879. The number of hydrogen-bond acceptors (Lipinski definition) is 4. The first-order valence-electron chi connectivity index (χ1n) is 7.83. The van der Waals surface area contributed by atoms with E-state index in [0.717, 1.165) is 12.8 Å². The molecule has 1 aliphatic carbocycles. The highest BCUT2D eigenvalue weighted by molar-refractivity contribution is 6.33. The minimum Gasteiger partial charge on any atom is -0.480 e. The first-order valence-corrected chi connectivity index (χ1v) is 8.21. The summed E-state index contributed by atoms with van der Waals surface area (Å²) in [5.41, 5.74) is -1.21. The van der Waals surface area contributed by atoms with Crippen molar-refractivity contribution in [2.24, 2.45) is 5.92 Å². The van der Waals surface area contributed by atoms with Crippen LogP contribution < -0.4 is 5.32 Å². The van der Waals surface area contributed by atoms with E-state index in [-0.39, 0.29) is 16.6 Å². The summed E-state index contributed by atoms with van der Waals surface area (Å²) in [6, 6.07) is 0. The zero-order valence-electron chi connectivity index (χ0n) is 13.6. The second-order valence-corrected chi connectivity index (χ2v) is 7.01. The summed E-state index contributed by atoms with van der Waals surface area (Å²) in [5.74, 6) is -0.554. The lowest BCUT2D eigenvalue weighted by molar-refractivity contribution is -0.146. The molecule has 2 N–H and O–H groups in total. The van der Waals surface area contributed by atoms with E-state index in [2.05, 4.69) is 22.2 Å². The Morgan fingerprint density at radius 2 is 2.00 bits per heavy atom. The van der Waals surface area contributed by atoms with Crippen LogP contribution in [0.25, 0.3) is 0 Å². The molecule has 0 saturated heterocycles. The molecule has 1 fully saturated rings. The van der Waals surface area contributed by atoms with Gasteiger partial charge >= 0.3 is 5.97 Å². The predicted molar refractivity (Wildman–Crippen MR) is 86.6 cm³/mol. The summed E-state index contributed by atoms with van der Waals surface area (Å²) in [6.07, 6.45) is 3.74. The monoisotopic (exact) mass is 339 g/mol. The standard InChI is InChI=1S/C16H22ClN3O3/c1-9(2)13-18-8-11(17)12(19-13)14(21)20-16(15(22)23)6-4-10(3)5-7-16/h8-10H,4-7H2,1-3H3,(H,20,21)(H,22,23). The van der Waals surface area contributed by atoms with Gasteiger partial charge in [0, 0.05) is 5.92 Å². The number of carbonyl (C=O) groups is 2. The molecule has 1 aromatic rings. The number of amides is 1. The largest absolute Gasteiger partial charge is 0.480 e. The van der Waals surface area contributed by atoms with Crippen LogP contribution in [0.15, 0.2) is 6.20 Å². The highest BCUT2D eigenvalue weighted by Gasteiger charge is 2.43. The van der Waals surface area contributed by atoms with Gasteiger partial charge in [-0.1, -0.05) is 32.4 Å². The summed E-state index contributed by atoms with van der Waals surface area (Å²) in [6.45, 7) is 5.90. The van der Waals surface area contributed by atoms with E-state index in [1.165, 1.54) is 6.20 Å². The molecule has 0 atom stereocenters. The Hall–Kier alpha value is -1.69. The number of nitrogens with zero attached hydrogens (tertiary/aromatic N) is 2. The topological polar surface area (TPSA) is 92.2 Å². The highest BCUT2D eigenvalue weighted by atomic mass is 35.5. The SMILES string of the molecule is CC1CCC(NC(=O)c2nc(C(C)C)ncc2Cl)(C(=O)O)CC1. The number of halogens is 1. The second-order valence-electron chi connectivity index (χ2n) is 6.60. The van der Waals surface area contributed by atoms with Gasteiger partial charge < -0.3 is 10.4 Å². The Kier molecular flexibility index (Phi) is 5.24. The van der Waals surface area contributed by atoms with Crippen molar-refractivity contribution in [2.75, 3.05) is 0 Å². The van der Waals surface area contributed by atoms with E-state index < -0.39 is 17.4 Å². The maximum atomic E-state index is 12.6. The minimum atomic E-state index is -1.24. The molecule has 7 heteroatoms. The number of rotatable bonds is 4. The van der Waals surface area contributed by atoms with E-state index in [1.807, 2.05) is 13.8 Å². The molecule has 1 saturated carbocycles. The summed E-state index contributed by atoms with van der Waals surface area (Å²) < 4.78 is 0. The van der Waals surface area contributed by atoms with E-state index >= 15 is 0 Å². The lowest BCUT2D eigenvalue weighted by Crippen LogP contribution is -2.56. The van der Waals surface area contributed by atoms with Crippen LogP contribution in [-0.2, 0) is 4.79 Å². The van der Waals surface area contributed by atoms with Gasteiger partial charge in [-0.05, 0) is 31.6 Å². The van der Waals surface area contributed by atoms with E-state index in [0.29, 0.717) is 24.6 Å². The van der Waals surface area contributed by atoms with Crippen LogP contribution in [0.3, 0.4) is 0 Å². The molecule has 0 radical (unpaired) electrons. The van der Waals surface area contributed by atoms with Crippen LogP contribution in [0.2, 0.25) is 5.02 Å². The van der Waals surface area contributed by atoms with Crippen molar-refractivity contribution in [2.45, 2.75) is 57.9 Å². The Bertz CT molecular complexity index is 611.